The van der Waals surface area contributed by atoms with Crippen LogP contribution in [0.5, 0.6) is 0 Å². The Morgan fingerprint density at radius 2 is 1.85 bits per heavy atom. The molecule has 1 aromatic rings. The van der Waals surface area contributed by atoms with Gasteiger partial charge in [0, 0.05) is 31.9 Å². The molecule has 3 aliphatic rings. The Hall–Kier alpha value is -1.79. The molecule has 4 rings (SSSR count). The van der Waals surface area contributed by atoms with E-state index in [1.165, 1.54) is 18.7 Å². The van der Waals surface area contributed by atoms with Gasteiger partial charge >= 0.3 is 6.18 Å². The first-order chi connectivity index (χ1) is 12.9. The van der Waals surface area contributed by atoms with Crippen molar-refractivity contribution >= 4 is 11.7 Å². The van der Waals surface area contributed by atoms with Gasteiger partial charge in [0.1, 0.15) is 5.82 Å². The van der Waals surface area contributed by atoms with E-state index in [1.807, 2.05) is 4.90 Å². The standard InChI is InChI=1S/C20H26F3N3O/c21-20(22,23)16-8-4-11-24-17(16)25-12-5-9-19(14-25)10-13-26(18(19)27)15-6-2-1-3-7-15/h4,8,11,15H,1-3,5-7,9-10,12-14H2. The van der Waals surface area contributed by atoms with Gasteiger partial charge in [-0.2, -0.15) is 13.2 Å². The fraction of sp³-hybridized carbons (Fsp3) is 0.700. The van der Waals surface area contributed by atoms with E-state index in [0.29, 0.717) is 19.1 Å². The monoisotopic (exact) mass is 381 g/mol. The second-order valence-electron chi connectivity index (χ2n) is 8.22. The highest BCUT2D eigenvalue weighted by Gasteiger charge is 2.51. The maximum atomic E-state index is 13.4. The van der Waals surface area contributed by atoms with Crippen molar-refractivity contribution in [1.82, 2.24) is 9.88 Å². The van der Waals surface area contributed by atoms with Gasteiger partial charge in [0.05, 0.1) is 11.0 Å². The van der Waals surface area contributed by atoms with Crippen LogP contribution in [-0.2, 0) is 11.0 Å². The molecule has 0 N–H and O–H groups in total. The number of rotatable bonds is 2. The Balaban J connectivity index is 1.56. The molecule has 1 amide bonds. The molecule has 0 bridgehead atoms. The topological polar surface area (TPSA) is 36.4 Å². The van der Waals surface area contributed by atoms with Gasteiger partial charge in [-0.05, 0) is 44.2 Å². The summed E-state index contributed by atoms with van der Waals surface area (Å²) < 4.78 is 40.2. The van der Waals surface area contributed by atoms with Crippen molar-refractivity contribution in [3.63, 3.8) is 0 Å². The van der Waals surface area contributed by atoms with Crippen LogP contribution in [0.4, 0.5) is 19.0 Å². The maximum Gasteiger partial charge on any atom is 0.419 e. The van der Waals surface area contributed by atoms with Gasteiger partial charge in [0.25, 0.3) is 0 Å². The molecule has 0 aromatic carbocycles. The summed E-state index contributed by atoms with van der Waals surface area (Å²) in [5.41, 5.74) is -1.26. The van der Waals surface area contributed by atoms with Crippen LogP contribution in [-0.4, -0.2) is 41.5 Å². The molecule has 1 atom stereocenters. The fourth-order valence-electron chi connectivity index (χ4n) is 5.15. The SMILES string of the molecule is O=C1N(C2CCCCC2)CCC12CCCN(c1ncccc1C(F)(F)F)C2. The molecule has 0 radical (unpaired) electrons. The van der Waals surface area contributed by atoms with Gasteiger partial charge in [0.2, 0.25) is 5.91 Å². The lowest BCUT2D eigenvalue weighted by Crippen LogP contribution is -2.50. The van der Waals surface area contributed by atoms with Crippen LogP contribution in [0.2, 0.25) is 0 Å². The van der Waals surface area contributed by atoms with Crippen LogP contribution >= 0.6 is 0 Å². The van der Waals surface area contributed by atoms with Crippen molar-refractivity contribution in [2.45, 2.75) is 63.6 Å². The number of amides is 1. The number of likely N-dealkylation sites (tertiary alicyclic amines) is 1. The minimum Gasteiger partial charge on any atom is -0.355 e. The number of carbonyl (C=O) groups is 1. The number of aromatic nitrogens is 1. The summed E-state index contributed by atoms with van der Waals surface area (Å²) in [7, 11) is 0. The number of anilines is 1. The van der Waals surface area contributed by atoms with Crippen LogP contribution in [0.25, 0.3) is 0 Å². The first-order valence-electron chi connectivity index (χ1n) is 9.99. The number of halogens is 3. The summed E-state index contributed by atoms with van der Waals surface area (Å²) in [6.07, 6.45) is 4.86. The van der Waals surface area contributed by atoms with Crippen molar-refractivity contribution in [3.05, 3.63) is 23.9 Å². The Bertz CT molecular complexity index is 702. The molecule has 7 heteroatoms. The second-order valence-corrected chi connectivity index (χ2v) is 8.22. The van der Waals surface area contributed by atoms with Gasteiger partial charge in [0.15, 0.2) is 0 Å². The predicted molar refractivity (Wildman–Crippen MR) is 96.3 cm³/mol. The lowest BCUT2D eigenvalue weighted by molar-refractivity contribution is -0.139. The van der Waals surface area contributed by atoms with E-state index in [2.05, 4.69) is 4.98 Å². The van der Waals surface area contributed by atoms with E-state index >= 15 is 0 Å². The van der Waals surface area contributed by atoms with Crippen molar-refractivity contribution in [2.75, 3.05) is 24.5 Å². The Morgan fingerprint density at radius 3 is 2.59 bits per heavy atom. The maximum absolute atomic E-state index is 13.4. The molecule has 3 heterocycles. The predicted octanol–water partition coefficient (Wildman–Crippen LogP) is 4.25. The highest BCUT2D eigenvalue weighted by Crippen LogP contribution is 2.44. The Morgan fingerprint density at radius 1 is 1.07 bits per heavy atom. The van der Waals surface area contributed by atoms with Crippen molar-refractivity contribution < 1.29 is 18.0 Å². The smallest absolute Gasteiger partial charge is 0.355 e. The van der Waals surface area contributed by atoms with Crippen molar-refractivity contribution in [1.29, 1.82) is 0 Å². The van der Waals surface area contributed by atoms with Crippen LogP contribution in [0, 0.1) is 5.41 Å². The zero-order valence-corrected chi connectivity index (χ0v) is 15.5. The van der Waals surface area contributed by atoms with E-state index in [1.54, 1.807) is 4.90 Å². The van der Waals surface area contributed by atoms with Gasteiger partial charge in [-0.25, -0.2) is 4.98 Å². The number of piperidine rings is 1. The molecule has 2 aliphatic heterocycles. The average molecular weight is 381 g/mol. The summed E-state index contributed by atoms with van der Waals surface area (Å²) in [5.74, 6) is 0.122. The van der Waals surface area contributed by atoms with Gasteiger partial charge in [-0.15, -0.1) is 0 Å². The van der Waals surface area contributed by atoms with E-state index in [0.717, 1.165) is 57.6 Å². The molecule has 148 valence electrons. The van der Waals surface area contributed by atoms with Gasteiger partial charge in [-0.1, -0.05) is 19.3 Å². The highest BCUT2D eigenvalue weighted by atomic mass is 19.4. The molecule has 27 heavy (non-hydrogen) atoms. The highest BCUT2D eigenvalue weighted by molar-refractivity contribution is 5.86. The zero-order chi connectivity index (χ0) is 19.1. The summed E-state index contributed by atoms with van der Waals surface area (Å²) in [6.45, 7) is 1.60. The summed E-state index contributed by atoms with van der Waals surface area (Å²) in [6, 6.07) is 2.72. The third-order valence-corrected chi connectivity index (χ3v) is 6.53. The lowest BCUT2D eigenvalue weighted by atomic mass is 9.78. The number of alkyl halides is 3. The molecular formula is C20H26F3N3O. The minimum absolute atomic E-state index is 0.0343. The number of nitrogens with zero attached hydrogens (tertiary/aromatic N) is 3. The summed E-state index contributed by atoms with van der Waals surface area (Å²) in [5, 5.41) is 0. The second kappa shape index (κ2) is 6.99. The molecule has 2 saturated heterocycles. The average Bonchev–Trinajstić information content (AvgIpc) is 2.98. The van der Waals surface area contributed by atoms with Crippen LogP contribution in [0.15, 0.2) is 18.3 Å². The molecule has 4 nitrogen and oxygen atoms in total. The normalized spacial score (nSPS) is 27.6. The number of hydrogen-bond donors (Lipinski definition) is 0. The zero-order valence-electron chi connectivity index (χ0n) is 15.5. The Kier molecular flexibility index (Phi) is 4.80. The van der Waals surface area contributed by atoms with Crippen molar-refractivity contribution in [3.8, 4) is 0 Å². The number of carbonyl (C=O) groups excluding carboxylic acids is 1. The third kappa shape index (κ3) is 3.41. The largest absolute Gasteiger partial charge is 0.419 e. The van der Waals surface area contributed by atoms with Crippen LogP contribution in [0.1, 0.15) is 56.9 Å². The minimum atomic E-state index is -4.44. The van der Waals surface area contributed by atoms with Crippen LogP contribution < -0.4 is 4.90 Å². The summed E-state index contributed by atoms with van der Waals surface area (Å²) in [4.78, 5) is 21.1. The first-order valence-corrected chi connectivity index (χ1v) is 9.99. The number of pyridine rings is 1. The molecule has 1 aliphatic carbocycles. The quantitative estimate of drug-likeness (QED) is 0.768. The molecule has 1 saturated carbocycles. The molecule has 1 aromatic heterocycles. The Labute approximate surface area is 157 Å². The number of hydrogen-bond acceptors (Lipinski definition) is 3. The molecular weight excluding hydrogens is 355 g/mol. The summed E-state index contributed by atoms with van der Waals surface area (Å²) >= 11 is 0. The van der Waals surface area contributed by atoms with Gasteiger partial charge < -0.3 is 9.80 Å². The molecule has 1 unspecified atom stereocenters. The van der Waals surface area contributed by atoms with E-state index in [4.69, 9.17) is 0 Å². The lowest BCUT2D eigenvalue weighted by Gasteiger charge is -2.41. The molecule has 3 fully saturated rings. The van der Waals surface area contributed by atoms with E-state index < -0.39 is 17.2 Å². The fourth-order valence-corrected chi connectivity index (χ4v) is 5.15. The third-order valence-electron chi connectivity index (χ3n) is 6.53. The van der Waals surface area contributed by atoms with E-state index in [9.17, 15) is 18.0 Å². The van der Waals surface area contributed by atoms with E-state index in [-0.39, 0.29) is 11.7 Å². The first kappa shape index (κ1) is 18.6. The molecule has 1 spiro atoms. The van der Waals surface area contributed by atoms with Gasteiger partial charge in [-0.3, -0.25) is 4.79 Å². The van der Waals surface area contributed by atoms with Crippen LogP contribution in [0.3, 0.4) is 0 Å². The van der Waals surface area contributed by atoms with Crippen molar-refractivity contribution in [2.24, 2.45) is 5.41 Å².